The molecule has 0 unspecified atom stereocenters. The van der Waals surface area contributed by atoms with Gasteiger partial charge in [0.2, 0.25) is 0 Å². The van der Waals surface area contributed by atoms with E-state index in [4.69, 9.17) is 9.47 Å². The number of benzene rings is 1. The Kier molecular flexibility index (Phi) is 7.08. The fraction of sp³-hybridized carbons (Fsp3) is 0.700. The average molecular weight is 335 g/mol. The highest BCUT2D eigenvalue weighted by molar-refractivity contribution is 5.38. The van der Waals surface area contributed by atoms with E-state index >= 15 is 0 Å². The van der Waals surface area contributed by atoms with Gasteiger partial charge in [-0.2, -0.15) is 0 Å². The summed E-state index contributed by atoms with van der Waals surface area (Å²) in [6.45, 7) is 16.5. The molecule has 24 heavy (non-hydrogen) atoms. The van der Waals surface area contributed by atoms with Crippen LogP contribution in [0.5, 0.6) is 5.75 Å². The van der Waals surface area contributed by atoms with Gasteiger partial charge in [0.1, 0.15) is 12.4 Å². The van der Waals surface area contributed by atoms with Crippen molar-refractivity contribution in [3.8, 4) is 5.75 Å². The molecule has 1 heterocycles. The van der Waals surface area contributed by atoms with E-state index in [1.54, 1.807) is 0 Å². The standard InChI is InChI=1S/C20H34N2O2/c1-17-16-18(20(2,3)4)6-7-19(17)24-15-14-23-13-12-22-10-8-21(5)9-11-22/h6-7,16H,8-15H2,1-5H3. The van der Waals surface area contributed by atoms with Gasteiger partial charge in [-0.25, -0.2) is 0 Å². The Morgan fingerprint density at radius 1 is 1.00 bits per heavy atom. The molecule has 1 aromatic carbocycles. The number of aryl methyl sites for hydroxylation is 1. The number of hydrogen-bond donors (Lipinski definition) is 0. The second-order valence-corrected chi connectivity index (χ2v) is 7.84. The lowest BCUT2D eigenvalue weighted by Crippen LogP contribution is -2.45. The van der Waals surface area contributed by atoms with Crippen molar-refractivity contribution in [3.05, 3.63) is 29.3 Å². The molecule has 136 valence electrons. The topological polar surface area (TPSA) is 24.9 Å². The second-order valence-electron chi connectivity index (χ2n) is 7.84. The van der Waals surface area contributed by atoms with E-state index in [1.807, 2.05) is 0 Å². The third-order valence-corrected chi connectivity index (χ3v) is 4.67. The summed E-state index contributed by atoms with van der Waals surface area (Å²) < 4.78 is 11.6. The van der Waals surface area contributed by atoms with Crippen molar-refractivity contribution >= 4 is 0 Å². The van der Waals surface area contributed by atoms with E-state index in [-0.39, 0.29) is 5.41 Å². The molecule has 0 amide bonds. The van der Waals surface area contributed by atoms with E-state index in [9.17, 15) is 0 Å². The molecule has 1 fully saturated rings. The molecule has 0 spiro atoms. The minimum absolute atomic E-state index is 0.176. The van der Waals surface area contributed by atoms with Crippen LogP contribution in [0.3, 0.4) is 0 Å². The Hall–Kier alpha value is -1.10. The fourth-order valence-electron chi connectivity index (χ4n) is 2.86. The fourth-order valence-corrected chi connectivity index (χ4v) is 2.86. The third kappa shape index (κ3) is 6.08. The monoisotopic (exact) mass is 334 g/mol. The van der Waals surface area contributed by atoms with Gasteiger partial charge >= 0.3 is 0 Å². The summed E-state index contributed by atoms with van der Waals surface area (Å²) in [6.07, 6.45) is 0. The Morgan fingerprint density at radius 2 is 1.71 bits per heavy atom. The quantitative estimate of drug-likeness (QED) is 0.716. The van der Waals surface area contributed by atoms with Crippen LogP contribution in [0.2, 0.25) is 0 Å². The first-order chi connectivity index (χ1) is 11.4. The van der Waals surface area contributed by atoms with Gasteiger partial charge in [-0.1, -0.05) is 32.9 Å². The average Bonchev–Trinajstić information content (AvgIpc) is 2.52. The number of hydrogen-bond acceptors (Lipinski definition) is 4. The number of nitrogens with zero attached hydrogens (tertiary/aromatic N) is 2. The van der Waals surface area contributed by atoms with E-state index in [2.05, 4.69) is 62.7 Å². The third-order valence-electron chi connectivity index (χ3n) is 4.67. The second kappa shape index (κ2) is 8.84. The van der Waals surface area contributed by atoms with Crippen LogP contribution in [-0.4, -0.2) is 69.4 Å². The summed E-state index contributed by atoms with van der Waals surface area (Å²) >= 11 is 0. The predicted molar refractivity (Wildman–Crippen MR) is 100 cm³/mol. The van der Waals surface area contributed by atoms with Gasteiger partial charge < -0.3 is 14.4 Å². The number of likely N-dealkylation sites (N-methyl/N-ethyl adjacent to an activating group) is 1. The summed E-state index contributed by atoms with van der Waals surface area (Å²) in [5, 5.41) is 0. The first-order valence-corrected chi connectivity index (χ1v) is 9.09. The van der Waals surface area contributed by atoms with E-state index in [1.165, 1.54) is 11.1 Å². The van der Waals surface area contributed by atoms with Crippen molar-refractivity contribution in [1.29, 1.82) is 0 Å². The van der Waals surface area contributed by atoms with Gasteiger partial charge in [-0.3, -0.25) is 4.90 Å². The van der Waals surface area contributed by atoms with E-state index in [0.29, 0.717) is 13.2 Å². The zero-order chi connectivity index (χ0) is 17.6. The van der Waals surface area contributed by atoms with Crippen LogP contribution in [0.15, 0.2) is 18.2 Å². The highest BCUT2D eigenvalue weighted by atomic mass is 16.5. The molecule has 0 aliphatic carbocycles. The minimum atomic E-state index is 0.176. The highest BCUT2D eigenvalue weighted by Crippen LogP contribution is 2.27. The molecule has 1 saturated heterocycles. The minimum Gasteiger partial charge on any atom is -0.491 e. The largest absolute Gasteiger partial charge is 0.491 e. The molecule has 0 N–H and O–H groups in total. The van der Waals surface area contributed by atoms with Gasteiger partial charge in [0, 0.05) is 32.7 Å². The lowest BCUT2D eigenvalue weighted by atomic mass is 9.86. The number of piperazine rings is 1. The SMILES string of the molecule is Cc1cc(C(C)(C)C)ccc1OCCOCCN1CCN(C)CC1. The Labute approximate surface area is 147 Å². The molecule has 0 aromatic heterocycles. The molecule has 1 aliphatic heterocycles. The maximum absolute atomic E-state index is 5.87. The summed E-state index contributed by atoms with van der Waals surface area (Å²) in [5.41, 5.74) is 2.71. The number of ether oxygens (including phenoxy) is 2. The van der Waals surface area contributed by atoms with Crippen molar-refractivity contribution in [2.45, 2.75) is 33.1 Å². The zero-order valence-electron chi connectivity index (χ0n) is 16.1. The van der Waals surface area contributed by atoms with E-state index < -0.39 is 0 Å². The lowest BCUT2D eigenvalue weighted by molar-refractivity contribution is 0.0657. The van der Waals surface area contributed by atoms with Gasteiger partial charge in [-0.15, -0.1) is 0 Å². The van der Waals surface area contributed by atoms with Crippen LogP contribution in [0.4, 0.5) is 0 Å². The Bertz CT molecular complexity index is 503. The smallest absolute Gasteiger partial charge is 0.122 e. The number of rotatable bonds is 7. The van der Waals surface area contributed by atoms with Gasteiger partial charge in [0.15, 0.2) is 0 Å². The van der Waals surface area contributed by atoms with Crippen LogP contribution in [0.1, 0.15) is 31.9 Å². The molecule has 4 nitrogen and oxygen atoms in total. The molecule has 2 rings (SSSR count). The first kappa shape index (κ1) is 19.2. The van der Waals surface area contributed by atoms with Gasteiger partial charge in [0.25, 0.3) is 0 Å². The van der Waals surface area contributed by atoms with Crippen LogP contribution in [-0.2, 0) is 10.2 Å². The summed E-state index contributed by atoms with van der Waals surface area (Å²) in [6, 6.07) is 6.47. The van der Waals surface area contributed by atoms with Crippen LogP contribution >= 0.6 is 0 Å². The molecule has 0 atom stereocenters. The first-order valence-electron chi connectivity index (χ1n) is 9.09. The molecule has 1 aromatic rings. The lowest BCUT2D eigenvalue weighted by Gasteiger charge is -2.32. The molecular weight excluding hydrogens is 300 g/mol. The van der Waals surface area contributed by atoms with Crippen LogP contribution in [0, 0.1) is 6.92 Å². The molecular formula is C20H34N2O2. The normalized spacial score (nSPS) is 17.2. The van der Waals surface area contributed by atoms with Crippen molar-refractivity contribution in [2.75, 3.05) is 59.6 Å². The maximum atomic E-state index is 5.87. The maximum Gasteiger partial charge on any atom is 0.122 e. The van der Waals surface area contributed by atoms with Crippen LogP contribution in [0.25, 0.3) is 0 Å². The van der Waals surface area contributed by atoms with Gasteiger partial charge in [-0.05, 0) is 36.6 Å². The zero-order valence-corrected chi connectivity index (χ0v) is 16.1. The van der Waals surface area contributed by atoms with Crippen LogP contribution < -0.4 is 4.74 Å². The van der Waals surface area contributed by atoms with Crippen molar-refractivity contribution in [1.82, 2.24) is 9.80 Å². The van der Waals surface area contributed by atoms with Gasteiger partial charge in [0.05, 0.1) is 13.2 Å². The van der Waals surface area contributed by atoms with Crippen molar-refractivity contribution < 1.29 is 9.47 Å². The van der Waals surface area contributed by atoms with Crippen molar-refractivity contribution in [2.24, 2.45) is 0 Å². The summed E-state index contributed by atoms with van der Waals surface area (Å²) in [7, 11) is 2.18. The highest BCUT2D eigenvalue weighted by Gasteiger charge is 2.15. The molecule has 0 bridgehead atoms. The predicted octanol–water partition coefficient (Wildman–Crippen LogP) is 2.94. The Morgan fingerprint density at radius 3 is 2.33 bits per heavy atom. The molecule has 1 aliphatic rings. The van der Waals surface area contributed by atoms with Crippen molar-refractivity contribution in [3.63, 3.8) is 0 Å². The van der Waals surface area contributed by atoms with E-state index in [0.717, 1.165) is 45.1 Å². The Balaban J connectivity index is 1.62. The summed E-state index contributed by atoms with van der Waals surface area (Å²) in [5.74, 6) is 0.964. The molecule has 4 heteroatoms. The molecule has 0 saturated carbocycles. The molecule has 0 radical (unpaired) electrons. The summed E-state index contributed by atoms with van der Waals surface area (Å²) in [4.78, 5) is 4.84.